The van der Waals surface area contributed by atoms with E-state index in [1.807, 2.05) is 42.2 Å². The fourth-order valence-electron chi connectivity index (χ4n) is 2.75. The molecule has 1 aliphatic heterocycles. The van der Waals surface area contributed by atoms with Crippen molar-refractivity contribution in [1.82, 2.24) is 9.80 Å². The van der Waals surface area contributed by atoms with Gasteiger partial charge in [-0.1, -0.05) is 30.3 Å². The van der Waals surface area contributed by atoms with Gasteiger partial charge < -0.3 is 10.0 Å². The van der Waals surface area contributed by atoms with Gasteiger partial charge >= 0.3 is 5.97 Å². The molecule has 0 radical (unpaired) electrons. The minimum Gasteiger partial charge on any atom is -0.481 e. The van der Waals surface area contributed by atoms with Gasteiger partial charge in [-0.15, -0.1) is 0 Å². The predicted molar refractivity (Wildman–Crippen MR) is 79.7 cm³/mol. The lowest BCUT2D eigenvalue weighted by molar-refractivity contribution is -0.142. The fraction of sp³-hybridized carbons (Fsp3) is 0.500. The van der Waals surface area contributed by atoms with Crippen LogP contribution in [0.1, 0.15) is 18.9 Å². The van der Waals surface area contributed by atoms with Gasteiger partial charge in [0.1, 0.15) is 0 Å². The van der Waals surface area contributed by atoms with E-state index in [2.05, 4.69) is 0 Å². The van der Waals surface area contributed by atoms with Gasteiger partial charge in [-0.2, -0.15) is 0 Å². The zero-order chi connectivity index (χ0) is 15.4. The third-order valence-electron chi connectivity index (χ3n) is 4.11. The molecule has 1 N–H and O–H groups in total. The van der Waals surface area contributed by atoms with E-state index in [-0.39, 0.29) is 17.9 Å². The molecule has 1 aliphatic rings. The van der Waals surface area contributed by atoms with Gasteiger partial charge in [0.25, 0.3) is 0 Å². The summed E-state index contributed by atoms with van der Waals surface area (Å²) in [6, 6.07) is 9.56. The lowest BCUT2D eigenvalue weighted by atomic mass is 10.1. The average molecular weight is 290 g/mol. The van der Waals surface area contributed by atoms with Crippen LogP contribution in [0.25, 0.3) is 0 Å². The Balaban J connectivity index is 1.91. The van der Waals surface area contributed by atoms with Gasteiger partial charge in [-0.05, 0) is 25.5 Å². The first-order valence-corrected chi connectivity index (χ1v) is 7.24. The Hall–Kier alpha value is -1.88. The first-order valence-electron chi connectivity index (χ1n) is 7.24. The number of benzene rings is 1. The number of likely N-dealkylation sites (N-methyl/N-ethyl adjacent to an activating group) is 1. The summed E-state index contributed by atoms with van der Waals surface area (Å²) in [5.41, 5.74) is 1.09. The lowest BCUT2D eigenvalue weighted by Crippen LogP contribution is -2.44. The number of nitrogens with zero attached hydrogens (tertiary/aromatic N) is 2. The van der Waals surface area contributed by atoms with Crippen molar-refractivity contribution in [2.75, 3.05) is 20.1 Å². The third kappa shape index (κ3) is 3.82. The molecule has 1 aromatic rings. The molecule has 2 unspecified atom stereocenters. The summed E-state index contributed by atoms with van der Waals surface area (Å²) in [6.45, 7) is 3.55. The second-order valence-corrected chi connectivity index (χ2v) is 5.67. The first-order chi connectivity index (χ1) is 9.99. The van der Waals surface area contributed by atoms with Gasteiger partial charge in [0, 0.05) is 20.1 Å². The maximum atomic E-state index is 12.4. The van der Waals surface area contributed by atoms with Gasteiger partial charge in [-0.25, -0.2) is 0 Å². The van der Waals surface area contributed by atoms with E-state index in [0.717, 1.165) is 5.56 Å². The Morgan fingerprint density at radius 2 is 2.05 bits per heavy atom. The molecule has 0 bridgehead atoms. The second kappa shape index (κ2) is 6.72. The maximum absolute atomic E-state index is 12.4. The van der Waals surface area contributed by atoms with Crippen molar-refractivity contribution in [2.45, 2.75) is 25.9 Å². The van der Waals surface area contributed by atoms with Crippen molar-refractivity contribution < 1.29 is 14.7 Å². The molecule has 0 spiro atoms. The summed E-state index contributed by atoms with van der Waals surface area (Å²) in [6.07, 6.45) is 0.620. The summed E-state index contributed by atoms with van der Waals surface area (Å²) in [7, 11) is 1.79. The molecular weight excluding hydrogens is 268 g/mol. The molecule has 0 aromatic heterocycles. The van der Waals surface area contributed by atoms with Crippen molar-refractivity contribution in [2.24, 2.45) is 5.92 Å². The maximum Gasteiger partial charge on any atom is 0.307 e. The first kappa shape index (κ1) is 15.5. The highest BCUT2D eigenvalue weighted by molar-refractivity contribution is 5.81. The number of aliphatic carboxylic acids is 1. The van der Waals surface area contributed by atoms with Crippen molar-refractivity contribution in [3.63, 3.8) is 0 Å². The summed E-state index contributed by atoms with van der Waals surface area (Å²) in [5.74, 6) is -1.08. The van der Waals surface area contributed by atoms with Crippen molar-refractivity contribution in [1.29, 1.82) is 0 Å². The van der Waals surface area contributed by atoms with Crippen LogP contribution in [0.4, 0.5) is 0 Å². The summed E-state index contributed by atoms with van der Waals surface area (Å²) >= 11 is 0. The fourth-order valence-corrected chi connectivity index (χ4v) is 2.75. The number of hydrogen-bond donors (Lipinski definition) is 1. The standard InChI is InChI=1S/C16H22N2O3/c1-12(18-9-8-14(11-18)16(20)21)15(19)17(2)10-13-6-4-3-5-7-13/h3-7,12,14H,8-11H2,1-2H3,(H,20,21). The Labute approximate surface area is 125 Å². The number of amides is 1. The van der Waals surface area contributed by atoms with E-state index in [4.69, 9.17) is 5.11 Å². The summed E-state index contributed by atoms with van der Waals surface area (Å²) in [5, 5.41) is 9.03. The van der Waals surface area contributed by atoms with E-state index in [9.17, 15) is 9.59 Å². The third-order valence-corrected chi connectivity index (χ3v) is 4.11. The molecule has 5 nitrogen and oxygen atoms in total. The largest absolute Gasteiger partial charge is 0.481 e. The molecule has 1 heterocycles. The van der Waals surface area contributed by atoms with Crippen LogP contribution >= 0.6 is 0 Å². The normalized spacial score (nSPS) is 20.2. The van der Waals surface area contributed by atoms with Crippen molar-refractivity contribution in [3.05, 3.63) is 35.9 Å². The highest BCUT2D eigenvalue weighted by Crippen LogP contribution is 2.20. The monoisotopic (exact) mass is 290 g/mol. The zero-order valence-corrected chi connectivity index (χ0v) is 12.5. The summed E-state index contributed by atoms with van der Waals surface area (Å²) < 4.78 is 0. The SMILES string of the molecule is CC(C(=O)N(C)Cc1ccccc1)N1CCC(C(=O)O)C1. The van der Waals surface area contributed by atoms with Crippen LogP contribution < -0.4 is 0 Å². The minimum absolute atomic E-state index is 0.0323. The van der Waals surface area contributed by atoms with Crippen LogP contribution in [0.3, 0.4) is 0 Å². The van der Waals surface area contributed by atoms with Crippen LogP contribution in [0.15, 0.2) is 30.3 Å². The van der Waals surface area contributed by atoms with Crippen LogP contribution in [0, 0.1) is 5.92 Å². The second-order valence-electron chi connectivity index (χ2n) is 5.67. The molecule has 114 valence electrons. The molecule has 0 saturated carbocycles. The van der Waals surface area contributed by atoms with Gasteiger partial charge in [-0.3, -0.25) is 14.5 Å². The van der Waals surface area contributed by atoms with Crippen molar-refractivity contribution in [3.8, 4) is 0 Å². The number of likely N-dealkylation sites (tertiary alicyclic amines) is 1. The minimum atomic E-state index is -0.769. The molecule has 2 atom stereocenters. The Bertz CT molecular complexity index is 504. The van der Waals surface area contributed by atoms with Crippen LogP contribution in [0.5, 0.6) is 0 Å². The number of carbonyl (C=O) groups is 2. The van der Waals surface area contributed by atoms with E-state index in [1.54, 1.807) is 11.9 Å². The Morgan fingerprint density at radius 3 is 2.62 bits per heavy atom. The lowest BCUT2D eigenvalue weighted by Gasteiger charge is -2.28. The molecule has 5 heteroatoms. The number of rotatable bonds is 5. The van der Waals surface area contributed by atoms with Crippen LogP contribution in [-0.2, 0) is 16.1 Å². The molecule has 0 aliphatic carbocycles. The Morgan fingerprint density at radius 1 is 1.38 bits per heavy atom. The predicted octanol–water partition coefficient (Wildman–Crippen LogP) is 1.44. The topological polar surface area (TPSA) is 60.9 Å². The van der Waals surface area contributed by atoms with Crippen LogP contribution in [0.2, 0.25) is 0 Å². The molecule has 1 aromatic carbocycles. The van der Waals surface area contributed by atoms with E-state index in [1.165, 1.54) is 0 Å². The molecule has 21 heavy (non-hydrogen) atoms. The van der Waals surface area contributed by atoms with E-state index < -0.39 is 5.97 Å². The molecule has 1 amide bonds. The Kier molecular flexibility index (Phi) is 4.96. The number of carbonyl (C=O) groups excluding carboxylic acids is 1. The smallest absolute Gasteiger partial charge is 0.307 e. The molecular formula is C16H22N2O3. The van der Waals surface area contributed by atoms with Gasteiger partial charge in [0.2, 0.25) is 5.91 Å². The van der Waals surface area contributed by atoms with Crippen LogP contribution in [-0.4, -0.2) is 53.0 Å². The highest BCUT2D eigenvalue weighted by atomic mass is 16.4. The number of carboxylic acids is 1. The van der Waals surface area contributed by atoms with E-state index >= 15 is 0 Å². The quantitative estimate of drug-likeness (QED) is 0.891. The molecule has 2 rings (SSSR count). The van der Waals surface area contributed by atoms with Gasteiger partial charge in [0.15, 0.2) is 0 Å². The average Bonchev–Trinajstić information content (AvgIpc) is 2.96. The van der Waals surface area contributed by atoms with Gasteiger partial charge in [0.05, 0.1) is 12.0 Å². The molecule has 1 fully saturated rings. The number of carboxylic acid groups (broad SMARTS) is 1. The van der Waals surface area contributed by atoms with E-state index in [0.29, 0.717) is 26.1 Å². The van der Waals surface area contributed by atoms with Crippen molar-refractivity contribution >= 4 is 11.9 Å². The molecule has 1 saturated heterocycles. The summed E-state index contributed by atoms with van der Waals surface area (Å²) in [4.78, 5) is 27.1. The highest BCUT2D eigenvalue weighted by Gasteiger charge is 2.33. The number of hydrogen-bond acceptors (Lipinski definition) is 3. The zero-order valence-electron chi connectivity index (χ0n) is 12.5.